The summed E-state index contributed by atoms with van der Waals surface area (Å²) >= 11 is -0.0926. The lowest BCUT2D eigenvalue weighted by Crippen LogP contribution is -2.14. The number of hydrogen-bond donors (Lipinski definition) is 0. The third-order valence-corrected chi connectivity index (χ3v) is 4.89. The highest BCUT2D eigenvalue weighted by molar-refractivity contribution is 8.04. The number of alkyl halides is 3. The predicted octanol–water partition coefficient (Wildman–Crippen LogP) is 6.24. The van der Waals surface area contributed by atoms with E-state index in [2.05, 4.69) is 0 Å². The van der Waals surface area contributed by atoms with Crippen molar-refractivity contribution in [1.29, 1.82) is 0 Å². The fraction of sp³-hybridized carbons (Fsp3) is 0.100. The Morgan fingerprint density at radius 1 is 0.800 bits per heavy atom. The molecule has 4 rings (SSSR count). The summed E-state index contributed by atoms with van der Waals surface area (Å²) in [5.41, 5.74) is -2.28. The summed E-state index contributed by atoms with van der Waals surface area (Å²) in [7, 11) is 0. The van der Waals surface area contributed by atoms with Gasteiger partial charge in [0.05, 0.1) is 0 Å². The summed E-state index contributed by atoms with van der Waals surface area (Å²) in [6.07, 6.45) is 0. The highest BCUT2D eigenvalue weighted by Gasteiger charge is 2.34. The molecule has 3 aromatic carbocycles. The van der Waals surface area contributed by atoms with E-state index >= 15 is 0 Å². The Morgan fingerprint density at radius 2 is 1.48 bits per heavy atom. The Hall–Kier alpha value is -2.40. The molecule has 1 heterocycles. The second-order valence-electron chi connectivity index (χ2n) is 5.66. The van der Waals surface area contributed by atoms with Crippen molar-refractivity contribution in [3.05, 3.63) is 82.8 Å². The second-order valence-corrected chi connectivity index (χ2v) is 6.82. The summed E-state index contributed by atoms with van der Waals surface area (Å²) in [6.45, 7) is -0.0836. The highest BCUT2D eigenvalue weighted by Crippen LogP contribution is 2.47. The molecule has 0 spiro atoms. The molecule has 5 heteroatoms. The summed E-state index contributed by atoms with van der Waals surface area (Å²) in [5.74, 6) is 0.608. The van der Waals surface area contributed by atoms with Gasteiger partial charge in [0, 0.05) is 16.0 Å². The first-order valence-corrected chi connectivity index (χ1v) is 8.54. The molecule has 25 heavy (non-hydrogen) atoms. The Morgan fingerprint density at radius 3 is 2.32 bits per heavy atom. The molecular formula is C20H13F3OS. The molecule has 0 unspecified atom stereocenters. The number of rotatable bonds is 2. The number of thioether (sulfide) groups is 1. The molecule has 126 valence electrons. The van der Waals surface area contributed by atoms with Crippen LogP contribution in [0.1, 0.15) is 11.1 Å². The van der Waals surface area contributed by atoms with Crippen LogP contribution in [0.15, 0.2) is 71.6 Å². The van der Waals surface area contributed by atoms with E-state index in [9.17, 15) is 13.2 Å². The van der Waals surface area contributed by atoms with Crippen molar-refractivity contribution in [2.24, 2.45) is 0 Å². The molecule has 0 N–H and O–H groups in total. The fourth-order valence-corrected chi connectivity index (χ4v) is 3.84. The first-order valence-electron chi connectivity index (χ1n) is 7.72. The minimum absolute atomic E-state index is 0.0836. The van der Waals surface area contributed by atoms with Crippen LogP contribution in [0.3, 0.4) is 0 Å². The average molecular weight is 358 g/mol. The van der Waals surface area contributed by atoms with Gasteiger partial charge < -0.3 is 4.74 Å². The standard InChI is InChI=1S/C20H13F3OS/c21-20(22,23)25-18-12-24-17-11-4-3-9-16(17)19(18)15-10-5-7-13-6-1-2-8-14(13)15/h1-11H,12H2. The van der Waals surface area contributed by atoms with Crippen LogP contribution in [0.25, 0.3) is 16.3 Å². The lowest BCUT2D eigenvalue weighted by atomic mass is 9.91. The van der Waals surface area contributed by atoms with Crippen LogP contribution in [-0.2, 0) is 0 Å². The molecule has 0 saturated carbocycles. The van der Waals surface area contributed by atoms with Gasteiger partial charge in [-0.2, -0.15) is 13.2 Å². The van der Waals surface area contributed by atoms with Gasteiger partial charge in [-0.3, -0.25) is 0 Å². The number of fused-ring (bicyclic) bond motifs is 2. The summed E-state index contributed by atoms with van der Waals surface area (Å²) in [5, 5.41) is 1.92. The van der Waals surface area contributed by atoms with E-state index in [-0.39, 0.29) is 23.3 Å². The topological polar surface area (TPSA) is 9.23 Å². The van der Waals surface area contributed by atoms with Gasteiger partial charge in [0.2, 0.25) is 0 Å². The number of halogens is 3. The monoisotopic (exact) mass is 358 g/mol. The van der Waals surface area contributed by atoms with Crippen LogP contribution in [0.2, 0.25) is 0 Å². The van der Waals surface area contributed by atoms with Gasteiger partial charge in [0.1, 0.15) is 12.4 Å². The summed E-state index contributed by atoms with van der Waals surface area (Å²) < 4.78 is 44.8. The van der Waals surface area contributed by atoms with E-state index in [1.165, 1.54) is 0 Å². The molecular weight excluding hydrogens is 345 g/mol. The van der Waals surface area contributed by atoms with Crippen LogP contribution < -0.4 is 4.74 Å². The van der Waals surface area contributed by atoms with Gasteiger partial charge in [-0.1, -0.05) is 60.7 Å². The van der Waals surface area contributed by atoms with Crippen molar-refractivity contribution in [2.45, 2.75) is 5.51 Å². The van der Waals surface area contributed by atoms with E-state index in [0.29, 0.717) is 16.9 Å². The maximum atomic E-state index is 13.1. The van der Waals surface area contributed by atoms with Crippen LogP contribution in [0.5, 0.6) is 5.75 Å². The first kappa shape index (κ1) is 16.1. The molecule has 0 aromatic heterocycles. The maximum Gasteiger partial charge on any atom is 0.446 e. The van der Waals surface area contributed by atoms with Gasteiger partial charge in [-0.15, -0.1) is 0 Å². The molecule has 0 saturated heterocycles. The number of para-hydroxylation sites is 1. The van der Waals surface area contributed by atoms with Crippen molar-refractivity contribution < 1.29 is 17.9 Å². The quantitative estimate of drug-likeness (QED) is 0.536. The van der Waals surface area contributed by atoms with Gasteiger partial charge in [-0.25, -0.2) is 0 Å². The van der Waals surface area contributed by atoms with E-state index < -0.39 is 5.51 Å². The highest BCUT2D eigenvalue weighted by atomic mass is 32.2. The minimum Gasteiger partial charge on any atom is -0.488 e. The largest absolute Gasteiger partial charge is 0.488 e. The van der Waals surface area contributed by atoms with Crippen LogP contribution in [0, 0.1) is 0 Å². The van der Waals surface area contributed by atoms with E-state index in [0.717, 1.165) is 16.3 Å². The van der Waals surface area contributed by atoms with Crippen molar-refractivity contribution >= 4 is 28.1 Å². The number of ether oxygens (including phenoxy) is 1. The number of benzene rings is 3. The SMILES string of the molecule is FC(F)(F)SC1=C(c2cccc3ccccc23)c2ccccc2OC1. The molecule has 0 radical (unpaired) electrons. The Bertz CT molecular complexity index is 971. The lowest BCUT2D eigenvalue weighted by Gasteiger charge is -2.25. The van der Waals surface area contributed by atoms with Crippen molar-refractivity contribution in [2.75, 3.05) is 6.61 Å². The molecule has 1 aliphatic heterocycles. The van der Waals surface area contributed by atoms with Gasteiger partial charge >= 0.3 is 5.51 Å². The average Bonchev–Trinajstić information content (AvgIpc) is 2.60. The molecule has 3 aromatic rings. The van der Waals surface area contributed by atoms with Gasteiger partial charge in [0.15, 0.2) is 0 Å². The normalized spacial score (nSPS) is 14.4. The van der Waals surface area contributed by atoms with Crippen molar-refractivity contribution in [3.8, 4) is 5.75 Å². The summed E-state index contributed by atoms with van der Waals surface area (Å²) in [6, 6.07) is 20.6. The fourth-order valence-electron chi connectivity index (χ4n) is 3.12. The van der Waals surface area contributed by atoms with Crippen LogP contribution in [-0.4, -0.2) is 12.1 Å². The van der Waals surface area contributed by atoms with Crippen LogP contribution in [0.4, 0.5) is 13.2 Å². The summed E-state index contributed by atoms with van der Waals surface area (Å²) in [4.78, 5) is 0.183. The zero-order valence-electron chi connectivity index (χ0n) is 13.0. The lowest BCUT2D eigenvalue weighted by molar-refractivity contribution is -0.0323. The third kappa shape index (κ3) is 3.12. The van der Waals surface area contributed by atoms with E-state index in [1.807, 2.05) is 60.7 Å². The minimum atomic E-state index is -4.36. The number of hydrogen-bond acceptors (Lipinski definition) is 2. The molecule has 0 atom stereocenters. The van der Waals surface area contributed by atoms with Gasteiger partial charge in [0.25, 0.3) is 0 Å². The molecule has 0 amide bonds. The van der Waals surface area contributed by atoms with Crippen LogP contribution >= 0.6 is 11.8 Å². The Kier molecular flexibility index (Phi) is 3.96. The zero-order chi connectivity index (χ0) is 17.4. The maximum absolute atomic E-state index is 13.1. The molecule has 1 aliphatic rings. The molecule has 1 nitrogen and oxygen atoms in total. The Balaban J connectivity index is 2.01. The smallest absolute Gasteiger partial charge is 0.446 e. The predicted molar refractivity (Wildman–Crippen MR) is 95.6 cm³/mol. The van der Waals surface area contributed by atoms with Crippen molar-refractivity contribution in [1.82, 2.24) is 0 Å². The van der Waals surface area contributed by atoms with E-state index in [1.54, 1.807) is 6.07 Å². The molecule has 0 bridgehead atoms. The third-order valence-electron chi connectivity index (χ3n) is 4.09. The molecule has 0 fully saturated rings. The second kappa shape index (κ2) is 6.15. The Labute approximate surface area is 147 Å². The molecule has 0 aliphatic carbocycles. The van der Waals surface area contributed by atoms with Gasteiger partial charge in [-0.05, 0) is 34.2 Å². The zero-order valence-corrected chi connectivity index (χ0v) is 13.8. The van der Waals surface area contributed by atoms with E-state index in [4.69, 9.17) is 4.74 Å². The van der Waals surface area contributed by atoms with Crippen molar-refractivity contribution in [3.63, 3.8) is 0 Å². The first-order chi connectivity index (χ1) is 12.0.